The van der Waals surface area contributed by atoms with Crippen molar-refractivity contribution < 1.29 is 13.7 Å². The average molecular weight is 339 g/mol. The largest absolute Gasteiger partial charge is 0.351 e. The van der Waals surface area contributed by atoms with Crippen LogP contribution in [0, 0.1) is 12.7 Å². The van der Waals surface area contributed by atoms with Crippen LogP contribution in [0.2, 0.25) is 0 Å². The van der Waals surface area contributed by atoms with E-state index in [9.17, 15) is 9.18 Å². The number of hydrogen-bond donors (Lipinski definition) is 0. The van der Waals surface area contributed by atoms with Crippen molar-refractivity contribution in [2.45, 2.75) is 19.8 Å². The predicted octanol–water partition coefficient (Wildman–Crippen LogP) is 3.48. The van der Waals surface area contributed by atoms with Crippen LogP contribution in [0.1, 0.15) is 28.2 Å². The highest BCUT2D eigenvalue weighted by Gasteiger charge is 2.29. The Bertz CT molecular complexity index is 684. The Morgan fingerprint density at radius 2 is 2.25 bits per heavy atom. The number of carbonyl (C=O) groups is 1. The van der Waals surface area contributed by atoms with E-state index in [1.54, 1.807) is 13.0 Å². The SMILES string of the molecule is Cc1cc(C(=O)N2CCCc3cc(Br)cc(F)c32)on1. The monoisotopic (exact) mass is 338 g/mol. The summed E-state index contributed by atoms with van der Waals surface area (Å²) in [5, 5.41) is 3.70. The molecule has 2 heterocycles. The molecule has 1 aliphatic rings. The molecule has 1 aromatic heterocycles. The van der Waals surface area contributed by atoms with Crippen molar-refractivity contribution in [2.75, 3.05) is 11.4 Å². The van der Waals surface area contributed by atoms with Crippen molar-refractivity contribution in [3.8, 4) is 0 Å². The minimum atomic E-state index is -0.404. The highest BCUT2D eigenvalue weighted by Crippen LogP contribution is 2.33. The smallest absolute Gasteiger partial charge is 0.296 e. The van der Waals surface area contributed by atoms with Crippen LogP contribution in [0.15, 0.2) is 27.2 Å². The number of fused-ring (bicyclic) bond motifs is 1. The van der Waals surface area contributed by atoms with E-state index in [1.807, 2.05) is 6.07 Å². The van der Waals surface area contributed by atoms with Gasteiger partial charge in [0.2, 0.25) is 5.76 Å². The lowest BCUT2D eigenvalue weighted by molar-refractivity contribution is 0.0948. The zero-order chi connectivity index (χ0) is 14.3. The number of nitrogens with zero attached hydrogens (tertiary/aromatic N) is 2. The number of benzene rings is 1. The Labute approximate surface area is 123 Å². The number of halogens is 2. The quantitative estimate of drug-likeness (QED) is 0.799. The standard InChI is InChI=1S/C14H12BrFN2O2/c1-8-5-12(20-17-8)14(19)18-4-2-3-9-6-10(15)7-11(16)13(9)18/h5-7H,2-4H2,1H3. The molecule has 0 fully saturated rings. The van der Waals surface area contributed by atoms with Gasteiger partial charge in [-0.3, -0.25) is 4.79 Å². The number of carbonyl (C=O) groups excluding carboxylic acids is 1. The summed E-state index contributed by atoms with van der Waals surface area (Å²) in [4.78, 5) is 13.9. The van der Waals surface area contributed by atoms with Crippen molar-refractivity contribution >= 4 is 27.5 Å². The molecule has 20 heavy (non-hydrogen) atoms. The molecule has 4 nitrogen and oxygen atoms in total. The summed E-state index contributed by atoms with van der Waals surface area (Å²) in [6.45, 7) is 2.21. The molecule has 0 saturated heterocycles. The van der Waals surface area contributed by atoms with E-state index in [4.69, 9.17) is 4.52 Å². The van der Waals surface area contributed by atoms with Crippen LogP contribution in [0.25, 0.3) is 0 Å². The van der Waals surface area contributed by atoms with Crippen molar-refractivity contribution in [3.63, 3.8) is 0 Å². The summed E-state index contributed by atoms with van der Waals surface area (Å²) < 4.78 is 19.9. The van der Waals surface area contributed by atoms with Gasteiger partial charge < -0.3 is 9.42 Å². The minimum Gasteiger partial charge on any atom is -0.351 e. The molecular formula is C14H12BrFN2O2. The molecule has 6 heteroatoms. The van der Waals surface area contributed by atoms with Crippen molar-refractivity contribution in [1.82, 2.24) is 5.16 Å². The first kappa shape index (κ1) is 13.3. The molecule has 0 atom stereocenters. The Balaban J connectivity index is 2.04. The maximum absolute atomic E-state index is 14.2. The van der Waals surface area contributed by atoms with Crippen LogP contribution in [0.3, 0.4) is 0 Å². The zero-order valence-electron chi connectivity index (χ0n) is 10.8. The van der Waals surface area contributed by atoms with Crippen LogP contribution in [0.4, 0.5) is 10.1 Å². The third-order valence-corrected chi connectivity index (χ3v) is 3.75. The van der Waals surface area contributed by atoms with Crippen LogP contribution in [-0.4, -0.2) is 17.6 Å². The van der Waals surface area contributed by atoms with Gasteiger partial charge in [0, 0.05) is 17.1 Å². The van der Waals surface area contributed by atoms with Gasteiger partial charge in [-0.15, -0.1) is 0 Å². The molecular weight excluding hydrogens is 327 g/mol. The molecule has 1 aliphatic heterocycles. The van der Waals surface area contributed by atoms with E-state index in [2.05, 4.69) is 21.1 Å². The van der Waals surface area contributed by atoms with Gasteiger partial charge in [-0.2, -0.15) is 0 Å². The predicted molar refractivity (Wildman–Crippen MR) is 75.3 cm³/mol. The Kier molecular flexibility index (Phi) is 3.33. The number of amides is 1. The summed E-state index contributed by atoms with van der Waals surface area (Å²) in [7, 11) is 0. The van der Waals surface area contributed by atoms with Crippen LogP contribution >= 0.6 is 15.9 Å². The van der Waals surface area contributed by atoms with Crippen molar-refractivity contribution in [1.29, 1.82) is 0 Å². The number of aromatic nitrogens is 1. The van der Waals surface area contributed by atoms with Gasteiger partial charge in [0.05, 0.1) is 11.4 Å². The van der Waals surface area contributed by atoms with E-state index in [1.165, 1.54) is 11.0 Å². The molecule has 0 aliphatic carbocycles. The van der Waals surface area contributed by atoms with E-state index in [0.717, 1.165) is 18.4 Å². The lowest BCUT2D eigenvalue weighted by Crippen LogP contribution is -2.36. The highest BCUT2D eigenvalue weighted by molar-refractivity contribution is 9.10. The molecule has 2 aromatic rings. The molecule has 0 bridgehead atoms. The molecule has 1 amide bonds. The van der Waals surface area contributed by atoms with E-state index in [0.29, 0.717) is 22.4 Å². The lowest BCUT2D eigenvalue weighted by Gasteiger charge is -2.29. The number of hydrogen-bond acceptors (Lipinski definition) is 3. The van der Waals surface area contributed by atoms with Crippen molar-refractivity contribution in [3.05, 3.63) is 45.5 Å². The highest BCUT2D eigenvalue weighted by atomic mass is 79.9. The van der Waals surface area contributed by atoms with Gasteiger partial charge in [-0.25, -0.2) is 4.39 Å². The molecule has 1 aromatic carbocycles. The van der Waals surface area contributed by atoms with E-state index >= 15 is 0 Å². The van der Waals surface area contributed by atoms with E-state index in [-0.39, 0.29) is 11.7 Å². The Morgan fingerprint density at radius 3 is 2.95 bits per heavy atom. The number of aryl methyl sites for hydroxylation is 2. The van der Waals surface area contributed by atoms with Crippen LogP contribution in [0.5, 0.6) is 0 Å². The maximum Gasteiger partial charge on any atom is 0.296 e. The van der Waals surface area contributed by atoms with Crippen LogP contribution < -0.4 is 4.90 Å². The van der Waals surface area contributed by atoms with Gasteiger partial charge in [0.15, 0.2) is 0 Å². The van der Waals surface area contributed by atoms with Crippen LogP contribution in [-0.2, 0) is 6.42 Å². The topological polar surface area (TPSA) is 46.3 Å². The first-order valence-electron chi connectivity index (χ1n) is 6.29. The van der Waals surface area contributed by atoms with Gasteiger partial charge in [0.25, 0.3) is 5.91 Å². The zero-order valence-corrected chi connectivity index (χ0v) is 12.4. The second-order valence-electron chi connectivity index (χ2n) is 4.79. The second kappa shape index (κ2) is 5.01. The summed E-state index contributed by atoms with van der Waals surface area (Å²) in [6.07, 6.45) is 1.55. The van der Waals surface area contributed by atoms with Gasteiger partial charge in [-0.05, 0) is 37.5 Å². The molecule has 0 radical (unpaired) electrons. The summed E-state index contributed by atoms with van der Waals surface area (Å²) in [5.41, 5.74) is 1.80. The summed E-state index contributed by atoms with van der Waals surface area (Å²) >= 11 is 3.27. The number of anilines is 1. The fraction of sp³-hybridized carbons (Fsp3) is 0.286. The minimum absolute atomic E-state index is 0.137. The van der Waals surface area contributed by atoms with Gasteiger partial charge >= 0.3 is 0 Å². The molecule has 104 valence electrons. The number of rotatable bonds is 1. The summed E-state index contributed by atoms with van der Waals surface area (Å²) in [5.74, 6) is -0.621. The molecule has 0 unspecified atom stereocenters. The molecule has 0 saturated carbocycles. The first-order valence-corrected chi connectivity index (χ1v) is 7.08. The molecule has 0 spiro atoms. The Hall–Kier alpha value is -1.69. The Morgan fingerprint density at radius 1 is 1.45 bits per heavy atom. The normalized spacial score (nSPS) is 14.2. The molecule has 0 N–H and O–H groups in total. The van der Waals surface area contributed by atoms with E-state index < -0.39 is 5.82 Å². The van der Waals surface area contributed by atoms with Crippen molar-refractivity contribution in [2.24, 2.45) is 0 Å². The molecule has 3 rings (SSSR count). The fourth-order valence-electron chi connectivity index (χ4n) is 2.45. The van der Waals surface area contributed by atoms with Gasteiger partial charge in [-0.1, -0.05) is 21.1 Å². The lowest BCUT2D eigenvalue weighted by atomic mass is 10.0. The summed E-state index contributed by atoms with van der Waals surface area (Å²) in [6, 6.07) is 4.78. The maximum atomic E-state index is 14.2. The second-order valence-corrected chi connectivity index (χ2v) is 5.70. The third-order valence-electron chi connectivity index (χ3n) is 3.29. The van der Waals surface area contributed by atoms with Gasteiger partial charge in [0.1, 0.15) is 5.82 Å². The fourth-order valence-corrected chi connectivity index (χ4v) is 2.93. The third kappa shape index (κ3) is 2.24. The average Bonchev–Trinajstić information content (AvgIpc) is 2.83. The first-order chi connectivity index (χ1) is 9.56.